The molecule has 11 heteroatoms. The maximum atomic E-state index is 16.4. The third-order valence-electron chi connectivity index (χ3n) is 10.8. The monoisotopic (exact) mass is 723 g/mol. The standard InChI is InChI=1S/C39H41Cl2F2N3O4/c1-38(2,3)20-31-39(21-44,26-15-14-24(40)19-28(26)42)33(25-11-8-12-27(41)34(25)43)35-36(47)45(29-16-13-23(37(48)49)18-30(29)50-4)32(46(31)35)17-22-9-6-5-7-10-22/h8,11-16,18-19,22,31-33,35H,5-7,9-10,17,20H2,1-4H3,(H,48,49)/t31-,32+,33-,35+,39-/m0/s1. The Bertz CT molecular complexity index is 1850. The van der Waals surface area contributed by atoms with Gasteiger partial charge in [0.05, 0.1) is 35.6 Å². The molecule has 1 aliphatic carbocycles. The first kappa shape index (κ1) is 36.1. The molecule has 0 aromatic heterocycles. The van der Waals surface area contributed by atoms with Gasteiger partial charge in [0.1, 0.15) is 28.8 Å². The molecule has 5 atom stereocenters. The fourth-order valence-corrected chi connectivity index (χ4v) is 9.12. The van der Waals surface area contributed by atoms with Gasteiger partial charge in [0.15, 0.2) is 0 Å². The Kier molecular flexibility index (Phi) is 9.95. The van der Waals surface area contributed by atoms with Crippen molar-refractivity contribution in [2.24, 2.45) is 11.3 Å². The molecule has 3 aliphatic rings. The molecule has 0 bridgehead atoms. The fraction of sp³-hybridized carbons (Fsp3) is 0.462. The first-order valence-corrected chi connectivity index (χ1v) is 17.8. The molecule has 1 N–H and O–H groups in total. The number of carboxylic acid groups (broad SMARTS) is 1. The number of carbonyl (C=O) groups excluding carboxylic acids is 1. The Balaban J connectivity index is 1.67. The van der Waals surface area contributed by atoms with Crippen molar-refractivity contribution in [3.63, 3.8) is 0 Å². The first-order chi connectivity index (χ1) is 23.7. The molecule has 50 heavy (non-hydrogen) atoms. The van der Waals surface area contributed by atoms with Crippen LogP contribution in [0.25, 0.3) is 0 Å². The van der Waals surface area contributed by atoms with Crippen molar-refractivity contribution in [2.75, 3.05) is 12.0 Å². The summed E-state index contributed by atoms with van der Waals surface area (Å²) in [6, 6.07) is 13.7. The van der Waals surface area contributed by atoms with Gasteiger partial charge < -0.3 is 9.84 Å². The molecule has 0 unspecified atom stereocenters. The number of hydrogen-bond acceptors (Lipinski definition) is 5. The summed E-state index contributed by atoms with van der Waals surface area (Å²) in [7, 11) is 1.42. The second-order valence-corrected chi connectivity index (χ2v) is 15.9. The van der Waals surface area contributed by atoms with Crippen LogP contribution in [-0.4, -0.2) is 47.2 Å². The summed E-state index contributed by atoms with van der Waals surface area (Å²) in [4.78, 5) is 30.9. The minimum absolute atomic E-state index is 0.00669. The second-order valence-electron chi connectivity index (χ2n) is 15.0. The molecule has 2 heterocycles. The van der Waals surface area contributed by atoms with E-state index in [2.05, 4.69) is 6.07 Å². The van der Waals surface area contributed by atoms with Crippen molar-refractivity contribution in [1.82, 2.24) is 4.90 Å². The molecule has 2 saturated heterocycles. The summed E-state index contributed by atoms with van der Waals surface area (Å²) < 4.78 is 38.5. The molecule has 0 spiro atoms. The number of carbonyl (C=O) groups is 2. The molecule has 1 amide bonds. The zero-order valence-electron chi connectivity index (χ0n) is 28.6. The molecule has 3 fully saturated rings. The van der Waals surface area contributed by atoms with Crippen molar-refractivity contribution in [2.45, 2.75) is 95.3 Å². The second kappa shape index (κ2) is 13.8. The highest BCUT2D eigenvalue weighted by Crippen LogP contribution is 2.60. The quantitative estimate of drug-likeness (QED) is 0.249. The predicted molar refractivity (Wildman–Crippen MR) is 189 cm³/mol. The lowest BCUT2D eigenvalue weighted by Gasteiger charge is -2.43. The molecular weight excluding hydrogens is 683 g/mol. The zero-order chi connectivity index (χ0) is 36.1. The Hall–Kier alpha value is -3.71. The van der Waals surface area contributed by atoms with Gasteiger partial charge in [0.25, 0.3) is 0 Å². The maximum Gasteiger partial charge on any atom is 0.335 e. The van der Waals surface area contributed by atoms with Gasteiger partial charge in [-0.3, -0.25) is 14.6 Å². The lowest BCUT2D eigenvalue weighted by Crippen LogP contribution is -2.52. The normalized spacial score (nSPS) is 25.8. The molecule has 6 rings (SSSR count). The number of rotatable bonds is 8. The van der Waals surface area contributed by atoms with Gasteiger partial charge in [0, 0.05) is 22.5 Å². The molecular formula is C39H41Cl2F2N3O4. The number of fused-ring (bicyclic) bond motifs is 1. The van der Waals surface area contributed by atoms with Crippen molar-refractivity contribution >= 4 is 40.8 Å². The Morgan fingerprint density at radius 2 is 1.80 bits per heavy atom. The predicted octanol–water partition coefficient (Wildman–Crippen LogP) is 9.36. The lowest BCUT2D eigenvalue weighted by molar-refractivity contribution is -0.119. The Labute approximate surface area is 301 Å². The fourth-order valence-electron chi connectivity index (χ4n) is 8.78. The molecule has 3 aromatic rings. The van der Waals surface area contributed by atoms with Gasteiger partial charge in [-0.25, -0.2) is 13.6 Å². The number of nitriles is 1. The minimum atomic E-state index is -1.75. The number of hydrogen-bond donors (Lipinski definition) is 1. The molecule has 2 aliphatic heterocycles. The number of nitrogens with zero attached hydrogens (tertiary/aromatic N) is 3. The number of halogens is 4. The van der Waals surface area contributed by atoms with Crippen LogP contribution in [0.15, 0.2) is 54.6 Å². The van der Waals surface area contributed by atoms with Crippen LogP contribution in [0.2, 0.25) is 10.0 Å². The lowest BCUT2D eigenvalue weighted by atomic mass is 9.62. The number of ether oxygens (including phenoxy) is 1. The Morgan fingerprint density at radius 3 is 2.42 bits per heavy atom. The molecule has 1 saturated carbocycles. The van der Waals surface area contributed by atoms with Crippen LogP contribution in [0, 0.1) is 34.3 Å². The van der Waals surface area contributed by atoms with Crippen LogP contribution in [0.4, 0.5) is 14.5 Å². The zero-order valence-corrected chi connectivity index (χ0v) is 30.1. The van der Waals surface area contributed by atoms with E-state index in [0.29, 0.717) is 18.5 Å². The number of anilines is 1. The average molecular weight is 725 g/mol. The van der Waals surface area contributed by atoms with Gasteiger partial charge in [-0.2, -0.15) is 5.26 Å². The van der Waals surface area contributed by atoms with Crippen LogP contribution in [0.3, 0.4) is 0 Å². The summed E-state index contributed by atoms with van der Waals surface area (Å²) >= 11 is 12.6. The highest BCUT2D eigenvalue weighted by atomic mass is 35.5. The van der Waals surface area contributed by atoms with Crippen LogP contribution in [-0.2, 0) is 10.2 Å². The van der Waals surface area contributed by atoms with E-state index in [1.165, 1.54) is 43.5 Å². The van der Waals surface area contributed by atoms with E-state index in [0.717, 1.165) is 38.2 Å². The van der Waals surface area contributed by atoms with Gasteiger partial charge in [-0.05, 0) is 66.1 Å². The number of methoxy groups -OCH3 is 1. The largest absolute Gasteiger partial charge is 0.495 e. The SMILES string of the molecule is COc1cc(C(=O)O)ccc1N1C(=O)[C@H]2[C@H](c3cccc(Cl)c3F)[C@@](C#N)(c3ccc(Cl)cc3F)[C@H](CC(C)(C)C)N2[C@@H]1CC1CCCCC1. The van der Waals surface area contributed by atoms with Crippen LogP contribution >= 0.6 is 23.2 Å². The average Bonchev–Trinajstić information content (AvgIpc) is 3.50. The van der Waals surface area contributed by atoms with E-state index in [1.54, 1.807) is 17.0 Å². The van der Waals surface area contributed by atoms with Gasteiger partial charge in [-0.15, -0.1) is 0 Å². The van der Waals surface area contributed by atoms with Crippen molar-refractivity contribution < 1.29 is 28.2 Å². The highest BCUT2D eigenvalue weighted by Gasteiger charge is 2.70. The van der Waals surface area contributed by atoms with Crippen LogP contribution in [0.1, 0.15) is 93.1 Å². The van der Waals surface area contributed by atoms with Crippen LogP contribution in [0.5, 0.6) is 5.75 Å². The number of amides is 1. The molecule has 0 radical (unpaired) electrons. The van der Waals surface area contributed by atoms with E-state index >= 15 is 13.6 Å². The van der Waals surface area contributed by atoms with Crippen molar-refractivity contribution in [1.29, 1.82) is 5.26 Å². The van der Waals surface area contributed by atoms with Crippen molar-refractivity contribution in [3.05, 3.63) is 93.0 Å². The summed E-state index contributed by atoms with van der Waals surface area (Å²) in [5, 5.41) is 21.2. The number of carboxylic acids is 1. The van der Waals surface area contributed by atoms with Crippen LogP contribution < -0.4 is 9.64 Å². The maximum absolute atomic E-state index is 16.4. The first-order valence-electron chi connectivity index (χ1n) is 17.1. The van der Waals surface area contributed by atoms with E-state index in [-0.39, 0.29) is 38.4 Å². The summed E-state index contributed by atoms with van der Waals surface area (Å²) in [6.07, 6.45) is 5.39. The molecule has 3 aromatic carbocycles. The van der Waals surface area contributed by atoms with E-state index < -0.39 is 58.5 Å². The third-order valence-corrected chi connectivity index (χ3v) is 11.3. The Morgan fingerprint density at radius 1 is 1.08 bits per heavy atom. The van der Waals surface area contributed by atoms with Gasteiger partial charge >= 0.3 is 5.97 Å². The molecule has 264 valence electrons. The summed E-state index contributed by atoms with van der Waals surface area (Å²) in [5.41, 5.74) is -1.72. The van der Waals surface area contributed by atoms with Gasteiger partial charge in [0.2, 0.25) is 5.91 Å². The number of aromatic carboxylic acids is 1. The highest BCUT2D eigenvalue weighted by molar-refractivity contribution is 6.31. The third kappa shape index (κ3) is 6.14. The van der Waals surface area contributed by atoms with E-state index in [9.17, 15) is 15.2 Å². The summed E-state index contributed by atoms with van der Waals surface area (Å²) in [5.74, 6) is -3.80. The van der Waals surface area contributed by atoms with E-state index in [4.69, 9.17) is 27.9 Å². The number of benzene rings is 3. The smallest absolute Gasteiger partial charge is 0.335 e. The molecule has 7 nitrogen and oxygen atoms in total. The summed E-state index contributed by atoms with van der Waals surface area (Å²) in [6.45, 7) is 6.07. The van der Waals surface area contributed by atoms with E-state index in [1.807, 2.05) is 25.7 Å². The minimum Gasteiger partial charge on any atom is -0.495 e. The van der Waals surface area contributed by atoms with Crippen molar-refractivity contribution in [3.8, 4) is 11.8 Å². The topological polar surface area (TPSA) is 93.9 Å². The van der Waals surface area contributed by atoms with Gasteiger partial charge in [-0.1, -0.05) is 94.3 Å².